The van der Waals surface area contributed by atoms with E-state index in [0.29, 0.717) is 6.54 Å². The predicted molar refractivity (Wildman–Crippen MR) is 65.8 cm³/mol. The minimum absolute atomic E-state index is 0.0536. The van der Waals surface area contributed by atoms with Crippen molar-refractivity contribution in [1.82, 2.24) is 15.3 Å². The summed E-state index contributed by atoms with van der Waals surface area (Å²) >= 11 is 0. The molecule has 0 aromatic carbocycles. The summed E-state index contributed by atoms with van der Waals surface area (Å²) in [6.45, 7) is 3.59. The first-order valence-electron chi connectivity index (χ1n) is 5.97. The summed E-state index contributed by atoms with van der Waals surface area (Å²) in [4.78, 5) is 22.4. The quantitative estimate of drug-likeness (QED) is 0.820. The van der Waals surface area contributed by atoms with Crippen LogP contribution >= 0.6 is 0 Å². The average molecular weight is 234 g/mol. The molecular weight excluding hydrogens is 216 g/mol. The Kier molecular flexibility index (Phi) is 3.56. The molecule has 2 heterocycles. The first-order valence-corrected chi connectivity index (χ1v) is 5.97. The highest BCUT2D eigenvalue weighted by Crippen LogP contribution is 2.20. The van der Waals surface area contributed by atoms with Crippen LogP contribution in [0.25, 0.3) is 0 Å². The maximum atomic E-state index is 11.6. The minimum atomic E-state index is 0.0536. The van der Waals surface area contributed by atoms with Gasteiger partial charge in [-0.25, -0.2) is 9.97 Å². The number of aryl methyl sites for hydroxylation is 1. The third-order valence-electron chi connectivity index (χ3n) is 3.10. The van der Waals surface area contributed by atoms with Crippen molar-refractivity contribution in [2.45, 2.75) is 19.8 Å². The molecule has 0 radical (unpaired) electrons. The van der Waals surface area contributed by atoms with E-state index in [-0.39, 0.29) is 11.8 Å². The Hall–Kier alpha value is -1.65. The van der Waals surface area contributed by atoms with E-state index in [9.17, 15) is 4.79 Å². The molecule has 5 nitrogen and oxygen atoms in total. The molecule has 17 heavy (non-hydrogen) atoms. The van der Waals surface area contributed by atoms with Crippen molar-refractivity contribution in [3.8, 4) is 0 Å². The molecule has 0 aliphatic carbocycles. The first kappa shape index (κ1) is 11.8. The fraction of sp³-hybridized carbons (Fsp3) is 0.583. The zero-order valence-corrected chi connectivity index (χ0v) is 10.3. The lowest BCUT2D eigenvalue weighted by Crippen LogP contribution is -2.42. The van der Waals surface area contributed by atoms with E-state index in [1.165, 1.54) is 0 Å². The fourth-order valence-corrected chi connectivity index (χ4v) is 2.16. The molecular formula is C12H18N4O. The SMILES string of the molecule is CNC(=O)C1CCCN(c2nccc(C)n2)C1. The van der Waals surface area contributed by atoms with Crippen LogP contribution in [0.3, 0.4) is 0 Å². The Labute approximate surface area is 101 Å². The molecule has 1 unspecified atom stereocenters. The van der Waals surface area contributed by atoms with Crippen molar-refractivity contribution >= 4 is 11.9 Å². The van der Waals surface area contributed by atoms with Gasteiger partial charge in [0.15, 0.2) is 0 Å². The Balaban J connectivity index is 2.09. The zero-order valence-electron chi connectivity index (χ0n) is 10.3. The number of nitrogens with one attached hydrogen (secondary N) is 1. The summed E-state index contributed by atoms with van der Waals surface area (Å²) in [5.41, 5.74) is 0.956. The van der Waals surface area contributed by atoms with Crippen LogP contribution < -0.4 is 10.2 Å². The number of anilines is 1. The van der Waals surface area contributed by atoms with E-state index < -0.39 is 0 Å². The van der Waals surface area contributed by atoms with E-state index in [1.807, 2.05) is 13.0 Å². The van der Waals surface area contributed by atoms with Gasteiger partial charge in [0.05, 0.1) is 5.92 Å². The largest absolute Gasteiger partial charge is 0.359 e. The third-order valence-corrected chi connectivity index (χ3v) is 3.10. The molecule has 92 valence electrons. The number of nitrogens with zero attached hydrogens (tertiary/aromatic N) is 3. The molecule has 1 aliphatic rings. The highest BCUT2D eigenvalue weighted by Gasteiger charge is 2.26. The van der Waals surface area contributed by atoms with Crippen LogP contribution in [0.15, 0.2) is 12.3 Å². The van der Waals surface area contributed by atoms with Crippen LogP contribution in [-0.2, 0) is 4.79 Å². The van der Waals surface area contributed by atoms with Gasteiger partial charge in [-0.3, -0.25) is 4.79 Å². The van der Waals surface area contributed by atoms with Crippen LogP contribution in [0.4, 0.5) is 5.95 Å². The molecule has 0 bridgehead atoms. The van der Waals surface area contributed by atoms with Gasteiger partial charge in [-0.1, -0.05) is 0 Å². The van der Waals surface area contributed by atoms with Crippen molar-refractivity contribution in [2.24, 2.45) is 5.92 Å². The third kappa shape index (κ3) is 2.72. The molecule has 0 saturated carbocycles. The molecule has 1 aromatic heterocycles. The second-order valence-electron chi connectivity index (χ2n) is 4.40. The maximum absolute atomic E-state index is 11.6. The molecule has 1 atom stereocenters. The summed E-state index contributed by atoms with van der Waals surface area (Å²) in [5, 5.41) is 2.71. The highest BCUT2D eigenvalue weighted by atomic mass is 16.1. The van der Waals surface area contributed by atoms with E-state index in [1.54, 1.807) is 13.2 Å². The summed E-state index contributed by atoms with van der Waals surface area (Å²) in [6, 6.07) is 1.88. The second kappa shape index (κ2) is 5.12. The number of amides is 1. The van der Waals surface area contributed by atoms with Crippen LogP contribution in [0.5, 0.6) is 0 Å². The van der Waals surface area contributed by atoms with Crippen LogP contribution in [0.2, 0.25) is 0 Å². The van der Waals surface area contributed by atoms with Crippen molar-refractivity contribution in [2.75, 3.05) is 25.0 Å². The number of carbonyl (C=O) groups excluding carboxylic acids is 1. The van der Waals surface area contributed by atoms with Crippen molar-refractivity contribution in [1.29, 1.82) is 0 Å². The molecule has 5 heteroatoms. The van der Waals surface area contributed by atoms with Crippen LogP contribution in [-0.4, -0.2) is 36.0 Å². The van der Waals surface area contributed by atoms with Gasteiger partial charge in [0.2, 0.25) is 11.9 Å². The monoisotopic (exact) mass is 234 g/mol. The lowest BCUT2D eigenvalue weighted by Gasteiger charge is -2.31. The van der Waals surface area contributed by atoms with Crippen molar-refractivity contribution in [3.63, 3.8) is 0 Å². The summed E-state index contributed by atoms with van der Waals surface area (Å²) in [5.74, 6) is 0.902. The van der Waals surface area contributed by atoms with E-state index in [2.05, 4.69) is 20.2 Å². The average Bonchev–Trinajstić information content (AvgIpc) is 2.38. The lowest BCUT2D eigenvalue weighted by molar-refractivity contribution is -0.124. The number of piperidine rings is 1. The Morgan fingerprint density at radius 1 is 1.59 bits per heavy atom. The number of aromatic nitrogens is 2. The Morgan fingerprint density at radius 3 is 3.12 bits per heavy atom. The van der Waals surface area contributed by atoms with Crippen LogP contribution in [0, 0.1) is 12.8 Å². The Morgan fingerprint density at radius 2 is 2.41 bits per heavy atom. The molecule has 1 N–H and O–H groups in total. The smallest absolute Gasteiger partial charge is 0.225 e. The fourth-order valence-electron chi connectivity index (χ4n) is 2.16. The summed E-state index contributed by atoms with van der Waals surface area (Å²) < 4.78 is 0. The van der Waals surface area contributed by atoms with E-state index >= 15 is 0 Å². The predicted octanol–water partition coefficient (Wildman–Crippen LogP) is 0.747. The van der Waals surface area contributed by atoms with Gasteiger partial charge >= 0.3 is 0 Å². The Bertz CT molecular complexity index is 407. The number of carbonyl (C=O) groups is 1. The summed E-state index contributed by atoms with van der Waals surface area (Å²) in [6.07, 6.45) is 3.72. The number of rotatable bonds is 2. The van der Waals surface area contributed by atoms with Crippen molar-refractivity contribution in [3.05, 3.63) is 18.0 Å². The standard InChI is InChI=1S/C12H18N4O/c1-9-5-6-14-12(15-9)16-7-3-4-10(8-16)11(17)13-2/h5-6,10H,3-4,7-8H2,1-2H3,(H,13,17). The van der Waals surface area contributed by atoms with Gasteiger partial charge in [0, 0.05) is 32.0 Å². The molecule has 0 spiro atoms. The molecule has 1 fully saturated rings. The molecule has 1 amide bonds. The first-order chi connectivity index (χ1) is 8.20. The normalized spacial score (nSPS) is 20.1. The highest BCUT2D eigenvalue weighted by molar-refractivity contribution is 5.79. The number of hydrogen-bond acceptors (Lipinski definition) is 4. The van der Waals surface area contributed by atoms with Gasteiger partial charge < -0.3 is 10.2 Å². The molecule has 2 rings (SSSR count). The van der Waals surface area contributed by atoms with E-state index in [0.717, 1.165) is 31.0 Å². The number of hydrogen-bond donors (Lipinski definition) is 1. The lowest BCUT2D eigenvalue weighted by atomic mass is 9.97. The van der Waals surface area contributed by atoms with Crippen molar-refractivity contribution < 1.29 is 4.79 Å². The van der Waals surface area contributed by atoms with E-state index in [4.69, 9.17) is 0 Å². The summed E-state index contributed by atoms with van der Waals surface area (Å²) in [7, 11) is 1.68. The zero-order chi connectivity index (χ0) is 12.3. The van der Waals surface area contributed by atoms with Crippen LogP contribution in [0.1, 0.15) is 18.5 Å². The molecule has 1 saturated heterocycles. The van der Waals surface area contributed by atoms with Gasteiger partial charge in [0.25, 0.3) is 0 Å². The van der Waals surface area contributed by atoms with Gasteiger partial charge in [0.1, 0.15) is 0 Å². The molecule has 1 aromatic rings. The maximum Gasteiger partial charge on any atom is 0.225 e. The van der Waals surface area contributed by atoms with Gasteiger partial charge in [-0.15, -0.1) is 0 Å². The second-order valence-corrected chi connectivity index (χ2v) is 4.40. The minimum Gasteiger partial charge on any atom is -0.359 e. The molecule has 1 aliphatic heterocycles. The van der Waals surface area contributed by atoms with Gasteiger partial charge in [-0.2, -0.15) is 0 Å². The topological polar surface area (TPSA) is 58.1 Å². The van der Waals surface area contributed by atoms with Gasteiger partial charge in [-0.05, 0) is 25.8 Å².